The van der Waals surface area contributed by atoms with Crippen LogP contribution in [0, 0.1) is 5.92 Å². The smallest absolute Gasteiger partial charge is 0.253 e. The molecule has 1 aromatic rings. The van der Waals surface area contributed by atoms with Crippen molar-refractivity contribution in [2.24, 2.45) is 5.92 Å². The van der Waals surface area contributed by atoms with E-state index in [2.05, 4.69) is 11.0 Å². The van der Waals surface area contributed by atoms with E-state index in [0.717, 1.165) is 37.9 Å². The largest absolute Gasteiger partial charge is 0.390 e. The van der Waals surface area contributed by atoms with Crippen LogP contribution in [0.25, 0.3) is 0 Å². The minimum Gasteiger partial charge on any atom is -0.390 e. The number of nitrogens with zero attached hydrogens (tertiary/aromatic N) is 2. The van der Waals surface area contributed by atoms with Crippen molar-refractivity contribution in [3.05, 3.63) is 35.4 Å². The fourth-order valence-electron chi connectivity index (χ4n) is 4.75. The highest BCUT2D eigenvalue weighted by Crippen LogP contribution is 2.41. The lowest BCUT2D eigenvalue weighted by molar-refractivity contribution is -0.0628. The van der Waals surface area contributed by atoms with Crippen molar-refractivity contribution in [1.82, 2.24) is 9.80 Å². The predicted molar refractivity (Wildman–Crippen MR) is 100 cm³/mol. The van der Waals surface area contributed by atoms with Crippen molar-refractivity contribution in [2.45, 2.75) is 63.6 Å². The van der Waals surface area contributed by atoms with Gasteiger partial charge in [0, 0.05) is 38.2 Å². The molecular weight excluding hydrogens is 312 g/mol. The quantitative estimate of drug-likeness (QED) is 0.911. The van der Waals surface area contributed by atoms with Crippen LogP contribution in [0.3, 0.4) is 0 Å². The van der Waals surface area contributed by atoms with Gasteiger partial charge in [0.15, 0.2) is 0 Å². The molecule has 1 saturated carbocycles. The summed E-state index contributed by atoms with van der Waals surface area (Å²) in [7, 11) is 3.58. The predicted octanol–water partition coefficient (Wildman–Crippen LogP) is 3.29. The molecule has 2 aliphatic rings. The zero-order valence-electron chi connectivity index (χ0n) is 15.9. The number of hydrogen-bond acceptors (Lipinski definition) is 3. The van der Waals surface area contributed by atoms with Gasteiger partial charge < -0.3 is 10.0 Å². The number of aliphatic hydroxyl groups is 1. The maximum absolute atomic E-state index is 12.2. The van der Waals surface area contributed by atoms with Crippen LogP contribution < -0.4 is 0 Å². The lowest BCUT2D eigenvalue weighted by Gasteiger charge is -2.43. The van der Waals surface area contributed by atoms with Gasteiger partial charge in [0.1, 0.15) is 0 Å². The van der Waals surface area contributed by atoms with Gasteiger partial charge >= 0.3 is 0 Å². The molecule has 4 nitrogen and oxygen atoms in total. The summed E-state index contributed by atoms with van der Waals surface area (Å²) in [6, 6.07) is 8.47. The van der Waals surface area contributed by atoms with E-state index in [-0.39, 0.29) is 5.91 Å². The lowest BCUT2D eigenvalue weighted by Crippen LogP contribution is -2.48. The first-order chi connectivity index (χ1) is 11.9. The van der Waals surface area contributed by atoms with Gasteiger partial charge in [-0.2, -0.15) is 0 Å². The average Bonchev–Trinajstić information content (AvgIpc) is 3.01. The summed E-state index contributed by atoms with van der Waals surface area (Å²) >= 11 is 0. The van der Waals surface area contributed by atoms with Gasteiger partial charge in [-0.25, -0.2) is 0 Å². The van der Waals surface area contributed by atoms with Gasteiger partial charge in [0.25, 0.3) is 5.91 Å². The average molecular weight is 344 g/mol. The third-order valence-corrected chi connectivity index (χ3v) is 6.09. The Morgan fingerprint density at radius 1 is 1.28 bits per heavy atom. The topological polar surface area (TPSA) is 43.8 Å². The molecular formula is C21H32N2O2. The van der Waals surface area contributed by atoms with Crippen LogP contribution in [0.15, 0.2) is 24.3 Å². The first kappa shape index (κ1) is 18.4. The van der Waals surface area contributed by atoms with Gasteiger partial charge in [-0.3, -0.25) is 9.69 Å². The molecule has 1 amide bonds. The van der Waals surface area contributed by atoms with Gasteiger partial charge in [0.05, 0.1) is 5.60 Å². The first-order valence-corrected chi connectivity index (χ1v) is 9.65. The maximum atomic E-state index is 12.2. The number of rotatable bonds is 4. The van der Waals surface area contributed by atoms with Gasteiger partial charge in [-0.1, -0.05) is 25.0 Å². The summed E-state index contributed by atoms with van der Waals surface area (Å²) in [6.45, 7) is 3.98. The minimum atomic E-state index is -0.533. The highest BCUT2D eigenvalue weighted by molar-refractivity contribution is 5.94. The molecule has 1 aliphatic heterocycles. The third-order valence-electron chi connectivity index (χ3n) is 6.09. The molecule has 0 unspecified atom stereocenters. The normalized spacial score (nSPS) is 30.4. The highest BCUT2D eigenvalue weighted by Gasteiger charge is 2.43. The number of hydrogen-bond donors (Lipinski definition) is 1. The van der Waals surface area contributed by atoms with Crippen molar-refractivity contribution in [3.63, 3.8) is 0 Å². The molecule has 0 radical (unpaired) electrons. The standard InChI is InChI=1S/C21H32N2O2/c1-21(25)12-5-4-10-18(21)19-11-7-13-23(19)15-16-8-6-9-17(14-16)20(24)22(2)3/h6,8-9,14,18-19,25H,4-5,7,10-13,15H2,1-3H3/t18-,19+,21-/m0/s1. The molecule has 1 saturated heterocycles. The molecule has 0 aromatic heterocycles. The van der Waals surface area contributed by atoms with Crippen LogP contribution in [-0.4, -0.2) is 53.1 Å². The zero-order chi connectivity index (χ0) is 18.0. The van der Waals surface area contributed by atoms with Crippen molar-refractivity contribution in [1.29, 1.82) is 0 Å². The molecule has 2 fully saturated rings. The van der Waals surface area contributed by atoms with Gasteiger partial charge in [0.2, 0.25) is 0 Å². The van der Waals surface area contributed by atoms with Crippen molar-refractivity contribution in [3.8, 4) is 0 Å². The Labute approximate surface area is 151 Å². The molecule has 4 heteroatoms. The monoisotopic (exact) mass is 344 g/mol. The number of amides is 1. The SMILES string of the molecule is CN(C)C(=O)c1cccc(CN2CCC[C@@H]2[C@@H]2CCCC[C@]2(C)O)c1. The van der Waals surface area contributed by atoms with Crippen LogP contribution in [0.4, 0.5) is 0 Å². The second kappa shape index (κ2) is 7.46. The van der Waals surface area contributed by atoms with Crippen LogP contribution in [-0.2, 0) is 6.54 Å². The molecule has 1 heterocycles. The second-order valence-electron chi connectivity index (χ2n) is 8.29. The van der Waals surface area contributed by atoms with E-state index in [1.807, 2.05) is 25.1 Å². The molecule has 3 rings (SSSR count). The fourth-order valence-corrected chi connectivity index (χ4v) is 4.75. The van der Waals surface area contributed by atoms with E-state index in [0.29, 0.717) is 12.0 Å². The Kier molecular flexibility index (Phi) is 5.49. The lowest BCUT2D eigenvalue weighted by atomic mass is 9.72. The first-order valence-electron chi connectivity index (χ1n) is 9.65. The van der Waals surface area contributed by atoms with Crippen LogP contribution in [0.5, 0.6) is 0 Å². The van der Waals surface area contributed by atoms with E-state index in [1.165, 1.54) is 24.8 Å². The summed E-state index contributed by atoms with van der Waals surface area (Å²) < 4.78 is 0. The fraction of sp³-hybridized carbons (Fsp3) is 0.667. The third kappa shape index (κ3) is 4.06. The van der Waals surface area contributed by atoms with E-state index < -0.39 is 5.60 Å². The van der Waals surface area contributed by atoms with E-state index >= 15 is 0 Å². The summed E-state index contributed by atoms with van der Waals surface area (Å²) in [5.74, 6) is 0.422. The zero-order valence-corrected chi connectivity index (χ0v) is 15.9. The number of benzene rings is 1. The molecule has 0 bridgehead atoms. The summed E-state index contributed by atoms with van der Waals surface area (Å²) in [5.41, 5.74) is 1.41. The summed E-state index contributed by atoms with van der Waals surface area (Å²) in [4.78, 5) is 16.4. The maximum Gasteiger partial charge on any atom is 0.253 e. The molecule has 1 N–H and O–H groups in total. The Morgan fingerprint density at radius 3 is 2.80 bits per heavy atom. The van der Waals surface area contributed by atoms with Crippen LogP contribution in [0.1, 0.15) is 61.4 Å². The Hall–Kier alpha value is -1.39. The van der Waals surface area contributed by atoms with E-state index in [4.69, 9.17) is 0 Å². The molecule has 3 atom stereocenters. The van der Waals surface area contributed by atoms with Gasteiger partial charge in [-0.15, -0.1) is 0 Å². The van der Waals surface area contributed by atoms with Crippen molar-refractivity contribution < 1.29 is 9.90 Å². The number of carbonyl (C=O) groups excluding carboxylic acids is 1. The van der Waals surface area contributed by atoms with E-state index in [9.17, 15) is 9.90 Å². The highest BCUT2D eigenvalue weighted by atomic mass is 16.3. The van der Waals surface area contributed by atoms with Crippen LogP contribution in [0.2, 0.25) is 0 Å². The molecule has 138 valence electrons. The second-order valence-corrected chi connectivity index (χ2v) is 8.29. The van der Waals surface area contributed by atoms with E-state index in [1.54, 1.807) is 19.0 Å². The van der Waals surface area contributed by atoms with Crippen molar-refractivity contribution >= 4 is 5.91 Å². The van der Waals surface area contributed by atoms with Crippen LogP contribution >= 0.6 is 0 Å². The molecule has 0 spiro atoms. The molecule has 1 aliphatic carbocycles. The molecule has 25 heavy (non-hydrogen) atoms. The summed E-state index contributed by atoms with van der Waals surface area (Å²) in [5, 5.41) is 10.9. The molecule has 1 aromatic carbocycles. The Balaban J connectivity index is 1.74. The van der Waals surface area contributed by atoms with Crippen molar-refractivity contribution in [2.75, 3.05) is 20.6 Å². The summed E-state index contributed by atoms with van der Waals surface area (Å²) in [6.07, 6.45) is 6.82. The Bertz CT molecular complexity index is 612. The number of carbonyl (C=O) groups is 1. The minimum absolute atomic E-state index is 0.0510. The number of likely N-dealkylation sites (tertiary alicyclic amines) is 1. The Morgan fingerprint density at radius 2 is 2.08 bits per heavy atom. The van der Waals surface area contributed by atoms with Gasteiger partial charge in [-0.05, 0) is 56.8 Å².